The van der Waals surface area contributed by atoms with E-state index in [9.17, 15) is 19.8 Å². The monoisotopic (exact) mass is 1060 g/mol. The largest absolute Gasteiger partial charge is 0.466 e. The Labute approximate surface area is 470 Å². The van der Waals surface area contributed by atoms with E-state index in [2.05, 4.69) is 19.2 Å². The highest BCUT2D eigenvalue weighted by atomic mass is 16.5. The van der Waals surface area contributed by atoms with E-state index >= 15 is 0 Å². The maximum atomic E-state index is 12.5. The molecule has 0 saturated carbocycles. The van der Waals surface area contributed by atoms with E-state index in [0.717, 1.165) is 38.5 Å². The number of amides is 1. The number of aliphatic hydroxyl groups excluding tert-OH is 2. The van der Waals surface area contributed by atoms with Gasteiger partial charge in [-0.15, -0.1) is 0 Å². The summed E-state index contributed by atoms with van der Waals surface area (Å²) < 4.78 is 5.48. The molecule has 0 fully saturated rings. The van der Waals surface area contributed by atoms with Crippen molar-refractivity contribution in [2.24, 2.45) is 0 Å². The van der Waals surface area contributed by atoms with Crippen LogP contribution in [0.3, 0.4) is 0 Å². The molecule has 6 nitrogen and oxygen atoms in total. The molecule has 448 valence electrons. The summed E-state index contributed by atoms with van der Waals surface area (Å²) in [7, 11) is 0. The number of carbonyl (C=O) groups excluding carboxylic acids is 2. The number of esters is 1. The van der Waals surface area contributed by atoms with Crippen LogP contribution in [0.25, 0.3) is 0 Å². The van der Waals surface area contributed by atoms with Gasteiger partial charge in [0.25, 0.3) is 0 Å². The molecule has 6 heteroatoms. The van der Waals surface area contributed by atoms with Crippen molar-refractivity contribution in [3.05, 3.63) is 0 Å². The van der Waals surface area contributed by atoms with Crippen molar-refractivity contribution in [3.63, 3.8) is 0 Å². The third-order valence-corrected chi connectivity index (χ3v) is 16.7. The third kappa shape index (κ3) is 61.9. The summed E-state index contributed by atoms with van der Waals surface area (Å²) >= 11 is 0. The SMILES string of the molecule is CCCCCCCCCCCCCCCCCC(O)C(CO)NC(=O)CCCCCCCCCCCCCCCCCCCCCCCCCCCCCCCCCOC(=O)CCCCCCCCCCCCCC. The Bertz CT molecular complexity index is 1080. The summed E-state index contributed by atoms with van der Waals surface area (Å²) in [6.07, 6.45) is 78.7. The Morgan fingerprint density at radius 1 is 0.320 bits per heavy atom. The second-order valence-electron chi connectivity index (χ2n) is 24.2. The average molecular weight is 1060 g/mol. The van der Waals surface area contributed by atoms with Crippen LogP contribution in [0.2, 0.25) is 0 Å². The van der Waals surface area contributed by atoms with Gasteiger partial charge >= 0.3 is 5.97 Å². The van der Waals surface area contributed by atoms with Gasteiger partial charge in [-0.3, -0.25) is 9.59 Å². The first-order valence-corrected chi connectivity index (χ1v) is 34.8. The van der Waals surface area contributed by atoms with Crippen molar-refractivity contribution in [3.8, 4) is 0 Å². The van der Waals surface area contributed by atoms with Crippen molar-refractivity contribution in [2.45, 2.75) is 418 Å². The lowest BCUT2D eigenvalue weighted by Crippen LogP contribution is -2.45. The Hall–Kier alpha value is -1.14. The number of aliphatic hydroxyl groups is 2. The van der Waals surface area contributed by atoms with Gasteiger partial charge in [0, 0.05) is 12.8 Å². The molecule has 0 rings (SSSR count). The van der Waals surface area contributed by atoms with Crippen LogP contribution < -0.4 is 5.32 Å². The number of hydrogen-bond acceptors (Lipinski definition) is 5. The molecule has 3 N–H and O–H groups in total. The van der Waals surface area contributed by atoms with Gasteiger partial charge in [0.2, 0.25) is 5.91 Å². The maximum Gasteiger partial charge on any atom is 0.305 e. The Kier molecular flexibility index (Phi) is 64.4. The van der Waals surface area contributed by atoms with E-state index in [0.29, 0.717) is 25.9 Å². The molecule has 2 unspecified atom stereocenters. The van der Waals surface area contributed by atoms with Gasteiger partial charge in [-0.05, 0) is 25.7 Å². The number of ether oxygens (including phenoxy) is 1. The van der Waals surface area contributed by atoms with Crippen molar-refractivity contribution in [1.82, 2.24) is 5.32 Å². The summed E-state index contributed by atoms with van der Waals surface area (Å²) in [6.45, 7) is 4.99. The number of nitrogens with one attached hydrogen (secondary N) is 1. The predicted octanol–water partition coefficient (Wildman–Crippen LogP) is 22.2. The van der Waals surface area contributed by atoms with Gasteiger partial charge in [-0.25, -0.2) is 0 Å². The van der Waals surface area contributed by atoms with Crippen LogP contribution in [0.15, 0.2) is 0 Å². The molecule has 2 atom stereocenters. The van der Waals surface area contributed by atoms with Crippen LogP contribution in [0.4, 0.5) is 0 Å². The lowest BCUT2D eigenvalue weighted by atomic mass is 10.0. The van der Waals surface area contributed by atoms with Crippen molar-refractivity contribution in [2.75, 3.05) is 13.2 Å². The zero-order chi connectivity index (χ0) is 54.3. The van der Waals surface area contributed by atoms with Gasteiger partial charge in [-0.1, -0.05) is 367 Å². The smallest absolute Gasteiger partial charge is 0.305 e. The minimum absolute atomic E-state index is 0.0224. The van der Waals surface area contributed by atoms with Gasteiger partial charge in [0.05, 0.1) is 25.4 Å². The van der Waals surface area contributed by atoms with E-state index in [1.807, 2.05) is 0 Å². The summed E-state index contributed by atoms with van der Waals surface area (Å²) in [5.41, 5.74) is 0. The molecule has 0 aliphatic heterocycles. The molecule has 1 amide bonds. The molecule has 0 radical (unpaired) electrons. The fraction of sp³-hybridized carbons (Fsp3) is 0.971. The van der Waals surface area contributed by atoms with E-state index in [1.54, 1.807) is 0 Å². The molecule has 0 saturated heterocycles. The first-order valence-electron chi connectivity index (χ1n) is 34.8. The summed E-state index contributed by atoms with van der Waals surface area (Å²) in [4.78, 5) is 24.5. The molecule has 0 aliphatic rings. The summed E-state index contributed by atoms with van der Waals surface area (Å²) in [5, 5.41) is 23.3. The highest BCUT2D eigenvalue weighted by Crippen LogP contribution is 2.19. The minimum Gasteiger partial charge on any atom is -0.466 e. The lowest BCUT2D eigenvalue weighted by Gasteiger charge is -2.22. The van der Waals surface area contributed by atoms with Gasteiger partial charge in [0.15, 0.2) is 0 Å². The maximum absolute atomic E-state index is 12.5. The molecule has 0 aromatic carbocycles. The van der Waals surface area contributed by atoms with Gasteiger partial charge in [0.1, 0.15) is 0 Å². The standard InChI is InChI=1S/C69H137NO5/c1-3-5-7-9-11-13-15-17-35-38-41-45-49-53-57-61-67(72)66(65-71)70-68(73)62-58-54-50-46-42-39-36-33-31-29-27-25-23-21-19-18-20-22-24-26-28-30-32-34-37-40-44-48-52-56-60-64-75-69(74)63-59-55-51-47-43-16-14-12-10-8-6-4-2/h66-67,71-72H,3-65H2,1-2H3,(H,70,73). The predicted molar refractivity (Wildman–Crippen MR) is 329 cm³/mol. The van der Waals surface area contributed by atoms with Crippen LogP contribution in [0.1, 0.15) is 406 Å². The van der Waals surface area contributed by atoms with E-state index in [4.69, 9.17) is 4.74 Å². The van der Waals surface area contributed by atoms with Crippen LogP contribution in [0, 0.1) is 0 Å². The number of unbranched alkanes of at least 4 members (excludes halogenated alkanes) is 55. The van der Waals surface area contributed by atoms with Crippen LogP contribution in [-0.2, 0) is 14.3 Å². The van der Waals surface area contributed by atoms with Crippen molar-refractivity contribution >= 4 is 11.9 Å². The fourth-order valence-electron chi connectivity index (χ4n) is 11.4. The molecule has 0 aromatic heterocycles. The number of rotatable bonds is 66. The zero-order valence-corrected chi connectivity index (χ0v) is 51.3. The lowest BCUT2D eigenvalue weighted by molar-refractivity contribution is -0.143. The first-order chi connectivity index (χ1) is 37.0. The highest BCUT2D eigenvalue weighted by molar-refractivity contribution is 5.76. The molecule has 0 spiro atoms. The molecular formula is C69H137NO5. The number of carbonyl (C=O) groups is 2. The van der Waals surface area contributed by atoms with Crippen molar-refractivity contribution in [1.29, 1.82) is 0 Å². The van der Waals surface area contributed by atoms with Crippen LogP contribution >= 0.6 is 0 Å². The molecule has 75 heavy (non-hydrogen) atoms. The van der Waals surface area contributed by atoms with Crippen molar-refractivity contribution < 1.29 is 24.5 Å². The first kappa shape index (κ1) is 73.9. The second kappa shape index (κ2) is 65.4. The third-order valence-electron chi connectivity index (χ3n) is 16.7. The zero-order valence-electron chi connectivity index (χ0n) is 51.3. The second-order valence-corrected chi connectivity index (χ2v) is 24.2. The van der Waals surface area contributed by atoms with E-state index < -0.39 is 12.1 Å². The van der Waals surface area contributed by atoms with E-state index in [1.165, 1.54) is 334 Å². The van der Waals surface area contributed by atoms with Gasteiger partial charge < -0.3 is 20.3 Å². The molecule has 0 heterocycles. The quantitative estimate of drug-likeness (QED) is 0.0417. The molecule has 0 aliphatic carbocycles. The average Bonchev–Trinajstić information content (AvgIpc) is 3.41. The minimum atomic E-state index is -0.660. The van der Waals surface area contributed by atoms with E-state index in [-0.39, 0.29) is 18.5 Å². The molecular weight excluding hydrogens is 923 g/mol. The fourth-order valence-corrected chi connectivity index (χ4v) is 11.4. The van der Waals surface area contributed by atoms with Crippen LogP contribution in [0.5, 0.6) is 0 Å². The Morgan fingerprint density at radius 2 is 0.547 bits per heavy atom. The van der Waals surface area contributed by atoms with Gasteiger partial charge in [-0.2, -0.15) is 0 Å². The topological polar surface area (TPSA) is 95.9 Å². The summed E-state index contributed by atoms with van der Waals surface area (Å²) in [6, 6.07) is -0.537. The Morgan fingerprint density at radius 3 is 0.813 bits per heavy atom. The normalized spacial score (nSPS) is 12.4. The summed E-state index contributed by atoms with van der Waals surface area (Å²) in [5.74, 6) is -0.00465. The van der Waals surface area contributed by atoms with Crippen LogP contribution in [-0.4, -0.2) is 47.4 Å². The highest BCUT2D eigenvalue weighted by Gasteiger charge is 2.20. The Balaban J connectivity index is 3.31. The molecule has 0 aromatic rings. The number of hydrogen-bond donors (Lipinski definition) is 3. The molecule has 0 bridgehead atoms.